The molecule has 0 spiro atoms. The molecule has 5 nitrogen and oxygen atoms in total. The average Bonchev–Trinajstić information content (AvgIpc) is 2.27. The summed E-state index contributed by atoms with van der Waals surface area (Å²) in [6.07, 6.45) is 1.35. The number of hydrogen-bond acceptors (Lipinski definition) is 4. The quantitative estimate of drug-likeness (QED) is 0.627. The number of rotatable bonds is 4. The molecule has 0 saturated carbocycles. The van der Waals surface area contributed by atoms with Gasteiger partial charge in [-0.25, -0.2) is 0 Å². The Morgan fingerprint density at radius 2 is 2.17 bits per heavy atom. The molecule has 0 fully saturated rings. The van der Waals surface area contributed by atoms with E-state index < -0.39 is 10.1 Å². The highest BCUT2D eigenvalue weighted by molar-refractivity contribution is 7.85. The number of nitrogens with zero attached hydrogens (tertiary/aromatic N) is 1. The third-order valence-electron chi connectivity index (χ3n) is 3.26. The number of nitrogen functional groups attached to an aromatic ring is 1. The molecule has 100 valence electrons. The van der Waals surface area contributed by atoms with Gasteiger partial charge in [0.1, 0.15) is 0 Å². The van der Waals surface area contributed by atoms with Crippen molar-refractivity contribution >= 4 is 15.8 Å². The Morgan fingerprint density at radius 3 is 2.89 bits per heavy atom. The lowest BCUT2D eigenvalue weighted by Gasteiger charge is -2.29. The number of benzene rings is 1. The smallest absolute Gasteiger partial charge is 0.264 e. The van der Waals surface area contributed by atoms with Crippen molar-refractivity contribution < 1.29 is 13.0 Å². The van der Waals surface area contributed by atoms with Crippen LogP contribution >= 0.6 is 0 Å². The first-order valence-electron chi connectivity index (χ1n) is 5.99. The molecule has 0 bridgehead atoms. The summed E-state index contributed by atoms with van der Waals surface area (Å²) < 4.78 is 30.0. The molecule has 0 radical (unpaired) electrons. The van der Waals surface area contributed by atoms with Crippen LogP contribution in [0.25, 0.3) is 0 Å². The van der Waals surface area contributed by atoms with E-state index in [-0.39, 0.29) is 5.75 Å². The van der Waals surface area contributed by atoms with Gasteiger partial charge in [-0.15, -0.1) is 0 Å². The highest BCUT2D eigenvalue weighted by Crippen LogP contribution is 2.23. The van der Waals surface area contributed by atoms with Crippen LogP contribution in [0.5, 0.6) is 0 Å². The minimum Gasteiger partial charge on any atom is -0.398 e. The Labute approximate surface area is 107 Å². The summed E-state index contributed by atoms with van der Waals surface area (Å²) in [5.41, 5.74) is 9.18. The van der Waals surface area contributed by atoms with Crippen LogP contribution in [-0.4, -0.2) is 36.7 Å². The second kappa shape index (κ2) is 5.26. The zero-order valence-corrected chi connectivity index (χ0v) is 11.0. The molecule has 1 aliphatic heterocycles. The fourth-order valence-electron chi connectivity index (χ4n) is 2.36. The Bertz CT molecular complexity index is 528. The fraction of sp³-hybridized carbons (Fsp3) is 0.500. The van der Waals surface area contributed by atoms with Gasteiger partial charge in [-0.05, 0) is 36.6 Å². The van der Waals surface area contributed by atoms with Crippen molar-refractivity contribution in [2.24, 2.45) is 0 Å². The molecule has 18 heavy (non-hydrogen) atoms. The highest BCUT2D eigenvalue weighted by Gasteiger charge is 2.17. The molecule has 1 aromatic rings. The lowest BCUT2D eigenvalue weighted by atomic mass is 9.98. The van der Waals surface area contributed by atoms with Crippen LogP contribution < -0.4 is 5.73 Å². The first-order valence-corrected chi connectivity index (χ1v) is 7.60. The summed E-state index contributed by atoms with van der Waals surface area (Å²) in [4.78, 5) is 2.19. The van der Waals surface area contributed by atoms with Crippen molar-refractivity contribution in [3.05, 3.63) is 29.3 Å². The summed E-state index contributed by atoms with van der Waals surface area (Å²) in [7, 11) is -3.84. The maximum absolute atomic E-state index is 10.6. The molecule has 0 amide bonds. The van der Waals surface area contributed by atoms with Crippen LogP contribution in [-0.2, 0) is 23.1 Å². The van der Waals surface area contributed by atoms with E-state index in [1.54, 1.807) is 0 Å². The average molecular weight is 270 g/mol. The third-order valence-corrected chi connectivity index (χ3v) is 4.06. The van der Waals surface area contributed by atoms with E-state index in [1.807, 2.05) is 12.1 Å². The van der Waals surface area contributed by atoms with Gasteiger partial charge in [-0.1, -0.05) is 12.1 Å². The SMILES string of the molecule is Nc1cccc2c1CCN(CCCS(=O)(=O)O)C2. The number of anilines is 1. The van der Waals surface area contributed by atoms with E-state index in [9.17, 15) is 8.42 Å². The van der Waals surface area contributed by atoms with E-state index in [1.165, 1.54) is 11.1 Å². The largest absolute Gasteiger partial charge is 0.398 e. The van der Waals surface area contributed by atoms with Gasteiger partial charge in [0.25, 0.3) is 10.1 Å². The molecule has 3 N–H and O–H groups in total. The molecule has 1 aliphatic rings. The molecule has 0 unspecified atom stereocenters. The van der Waals surface area contributed by atoms with Gasteiger partial charge in [0.05, 0.1) is 5.75 Å². The van der Waals surface area contributed by atoms with Crippen molar-refractivity contribution in [2.45, 2.75) is 19.4 Å². The van der Waals surface area contributed by atoms with Crippen LogP contribution in [0.1, 0.15) is 17.5 Å². The molecule has 0 aliphatic carbocycles. The van der Waals surface area contributed by atoms with Crippen molar-refractivity contribution in [1.29, 1.82) is 0 Å². The second-order valence-electron chi connectivity index (χ2n) is 4.65. The van der Waals surface area contributed by atoms with Crippen LogP contribution in [0.4, 0.5) is 5.69 Å². The monoisotopic (exact) mass is 270 g/mol. The predicted molar refractivity (Wildman–Crippen MR) is 70.9 cm³/mol. The highest BCUT2D eigenvalue weighted by atomic mass is 32.2. The van der Waals surface area contributed by atoms with Crippen molar-refractivity contribution in [3.8, 4) is 0 Å². The molecule has 2 rings (SSSR count). The Balaban J connectivity index is 1.92. The normalized spacial score (nSPS) is 16.5. The van der Waals surface area contributed by atoms with Crippen molar-refractivity contribution in [1.82, 2.24) is 4.90 Å². The maximum Gasteiger partial charge on any atom is 0.264 e. The summed E-state index contributed by atoms with van der Waals surface area (Å²) in [5, 5.41) is 0. The zero-order chi connectivity index (χ0) is 13.2. The molecular formula is C12H18N2O3S. The van der Waals surface area contributed by atoms with E-state index in [4.69, 9.17) is 10.3 Å². The van der Waals surface area contributed by atoms with Gasteiger partial charge < -0.3 is 5.73 Å². The molecule has 1 heterocycles. The van der Waals surface area contributed by atoms with Gasteiger partial charge in [0, 0.05) is 18.8 Å². The first-order chi connectivity index (χ1) is 8.46. The van der Waals surface area contributed by atoms with Crippen LogP contribution in [0, 0.1) is 0 Å². The van der Waals surface area contributed by atoms with Gasteiger partial charge in [0.2, 0.25) is 0 Å². The molecule has 0 atom stereocenters. The molecule has 0 saturated heterocycles. The maximum atomic E-state index is 10.6. The Hall–Kier alpha value is -1.11. The zero-order valence-electron chi connectivity index (χ0n) is 10.2. The van der Waals surface area contributed by atoms with Gasteiger partial charge in [-0.3, -0.25) is 9.45 Å². The topological polar surface area (TPSA) is 83.6 Å². The third kappa shape index (κ3) is 3.44. The van der Waals surface area contributed by atoms with E-state index in [0.29, 0.717) is 13.0 Å². The summed E-state index contributed by atoms with van der Waals surface area (Å²) >= 11 is 0. The summed E-state index contributed by atoms with van der Waals surface area (Å²) in [5.74, 6) is -0.173. The number of hydrogen-bond donors (Lipinski definition) is 2. The minimum absolute atomic E-state index is 0.173. The molecule has 1 aromatic carbocycles. The summed E-state index contributed by atoms with van der Waals surface area (Å²) in [6, 6.07) is 5.91. The summed E-state index contributed by atoms with van der Waals surface area (Å²) in [6.45, 7) is 2.35. The van der Waals surface area contributed by atoms with E-state index in [2.05, 4.69) is 11.0 Å². The van der Waals surface area contributed by atoms with Crippen molar-refractivity contribution in [3.63, 3.8) is 0 Å². The van der Waals surface area contributed by atoms with Gasteiger partial charge >= 0.3 is 0 Å². The van der Waals surface area contributed by atoms with Crippen molar-refractivity contribution in [2.75, 3.05) is 24.6 Å². The lowest BCUT2D eigenvalue weighted by molar-refractivity contribution is 0.255. The number of nitrogens with two attached hydrogens (primary N) is 1. The van der Waals surface area contributed by atoms with Crippen LogP contribution in [0.15, 0.2) is 18.2 Å². The second-order valence-corrected chi connectivity index (χ2v) is 6.22. The van der Waals surface area contributed by atoms with Crippen LogP contribution in [0.3, 0.4) is 0 Å². The molecule has 6 heteroatoms. The van der Waals surface area contributed by atoms with Gasteiger partial charge in [0.15, 0.2) is 0 Å². The Morgan fingerprint density at radius 1 is 1.39 bits per heavy atom. The predicted octanol–water partition coefficient (Wildman–Crippen LogP) is 0.905. The standard InChI is InChI=1S/C12H18N2O3S/c13-12-4-1-3-10-9-14(7-5-11(10)12)6-2-8-18(15,16)17/h1,3-4H,2,5-9,13H2,(H,15,16,17). The molecule has 0 aromatic heterocycles. The minimum atomic E-state index is -3.84. The fourth-order valence-corrected chi connectivity index (χ4v) is 2.85. The van der Waals surface area contributed by atoms with Crippen LogP contribution in [0.2, 0.25) is 0 Å². The first kappa shape index (κ1) is 13.3. The van der Waals surface area contributed by atoms with Gasteiger partial charge in [-0.2, -0.15) is 8.42 Å². The van der Waals surface area contributed by atoms with E-state index >= 15 is 0 Å². The Kier molecular flexibility index (Phi) is 3.89. The molecular weight excluding hydrogens is 252 g/mol. The number of fused-ring (bicyclic) bond motifs is 1. The van der Waals surface area contributed by atoms with E-state index in [0.717, 1.165) is 25.2 Å². The lowest BCUT2D eigenvalue weighted by Crippen LogP contribution is -2.32.